The molecule has 0 bridgehead atoms. The van der Waals surface area contributed by atoms with Crippen LogP contribution in [0.15, 0.2) is 36.5 Å². The van der Waals surface area contributed by atoms with E-state index in [1.165, 1.54) is 35.6 Å². The predicted octanol–water partition coefficient (Wildman–Crippen LogP) is 5.78. The fourth-order valence-corrected chi connectivity index (χ4v) is 4.78. The van der Waals surface area contributed by atoms with Crippen molar-refractivity contribution in [3.63, 3.8) is 0 Å². The van der Waals surface area contributed by atoms with Gasteiger partial charge in [0, 0.05) is 23.6 Å². The van der Waals surface area contributed by atoms with Crippen molar-refractivity contribution in [2.75, 3.05) is 23.3 Å². The lowest BCUT2D eigenvalue weighted by Gasteiger charge is -2.45. The molecule has 2 aliphatic rings. The van der Waals surface area contributed by atoms with Crippen LogP contribution in [0.3, 0.4) is 0 Å². The smallest absolute Gasteiger partial charge is 0.395 e. The first kappa shape index (κ1) is 24.4. The number of halogens is 4. The Morgan fingerprint density at radius 3 is 2.56 bits per heavy atom. The molecular formula is C24H23F4N5O2S. The maximum absolute atomic E-state index is 14.9. The van der Waals surface area contributed by atoms with Crippen LogP contribution in [0.4, 0.5) is 34.3 Å². The van der Waals surface area contributed by atoms with Crippen LogP contribution in [0.5, 0.6) is 11.8 Å². The van der Waals surface area contributed by atoms with E-state index in [1.807, 2.05) is 11.8 Å². The number of ketones is 1. The highest BCUT2D eigenvalue weighted by Gasteiger charge is 2.54. The molecule has 2 fully saturated rings. The molecule has 3 heterocycles. The highest BCUT2D eigenvalue weighted by Crippen LogP contribution is 2.48. The molecule has 1 aliphatic heterocycles. The van der Waals surface area contributed by atoms with E-state index in [9.17, 15) is 22.4 Å². The van der Waals surface area contributed by atoms with Gasteiger partial charge in [0.15, 0.2) is 5.13 Å². The second-order valence-corrected chi connectivity index (χ2v) is 10.4. The topological polar surface area (TPSA) is 80.2 Å². The van der Waals surface area contributed by atoms with Crippen molar-refractivity contribution in [3.8, 4) is 11.8 Å². The monoisotopic (exact) mass is 521 g/mol. The fraction of sp³-hybridized carbons (Fsp3) is 0.417. The van der Waals surface area contributed by atoms with Crippen LogP contribution in [-0.2, 0) is 11.2 Å². The molecule has 36 heavy (non-hydrogen) atoms. The molecule has 190 valence electrons. The first-order valence-electron chi connectivity index (χ1n) is 11.4. The summed E-state index contributed by atoms with van der Waals surface area (Å²) in [6, 6.07) is 7.85. The Balaban J connectivity index is 1.31. The average Bonchev–Trinajstić information content (AvgIpc) is 3.54. The number of aromatic nitrogens is 3. The van der Waals surface area contributed by atoms with Gasteiger partial charge in [0.1, 0.15) is 35.3 Å². The zero-order valence-electron chi connectivity index (χ0n) is 19.3. The van der Waals surface area contributed by atoms with E-state index < -0.39 is 24.0 Å². The maximum Gasteiger partial charge on any atom is 0.395 e. The van der Waals surface area contributed by atoms with Gasteiger partial charge in [-0.1, -0.05) is 12.1 Å². The van der Waals surface area contributed by atoms with Crippen LogP contribution >= 0.6 is 11.3 Å². The fourth-order valence-electron chi connectivity index (χ4n) is 4.11. The lowest BCUT2D eigenvalue weighted by Crippen LogP contribution is -2.60. The summed E-state index contributed by atoms with van der Waals surface area (Å²) in [7, 11) is 0. The molecule has 0 atom stereocenters. The van der Waals surface area contributed by atoms with E-state index in [2.05, 4.69) is 20.3 Å². The molecule has 0 unspecified atom stereocenters. The molecule has 1 aliphatic carbocycles. The molecule has 0 radical (unpaired) electrons. The van der Waals surface area contributed by atoms with Gasteiger partial charge in [0.2, 0.25) is 0 Å². The van der Waals surface area contributed by atoms with Crippen LogP contribution in [0.25, 0.3) is 0 Å². The molecule has 1 saturated heterocycles. The summed E-state index contributed by atoms with van der Waals surface area (Å²) in [5, 5.41) is 3.76. The van der Waals surface area contributed by atoms with Crippen LogP contribution < -0.4 is 15.0 Å². The van der Waals surface area contributed by atoms with Gasteiger partial charge in [-0.15, -0.1) is 11.3 Å². The van der Waals surface area contributed by atoms with Crippen molar-refractivity contribution >= 4 is 33.9 Å². The number of hydrogen-bond acceptors (Lipinski definition) is 8. The van der Waals surface area contributed by atoms with E-state index in [1.54, 1.807) is 12.3 Å². The number of thiazole rings is 1. The molecule has 0 amide bonds. The molecule has 12 heteroatoms. The number of carbonyl (C=O) groups is 1. The van der Waals surface area contributed by atoms with Gasteiger partial charge in [0.05, 0.1) is 13.1 Å². The number of aryl methyl sites for hydroxylation is 1. The summed E-state index contributed by atoms with van der Waals surface area (Å²) < 4.78 is 57.9. The van der Waals surface area contributed by atoms with Crippen LogP contribution in [0.1, 0.15) is 29.7 Å². The molecule has 5 rings (SSSR count). The maximum atomic E-state index is 14.9. The SMILES string of the molecule is Cc1cnc(Nc2cc(N3CC(F)(C4CC4)C3)nc(Oc3ccc(CC(=O)CC(F)(F)F)cc3)n2)s1. The Hall–Kier alpha value is -3.28. The number of alkyl halides is 4. The van der Waals surface area contributed by atoms with Crippen LogP contribution in [0.2, 0.25) is 0 Å². The van der Waals surface area contributed by atoms with E-state index in [4.69, 9.17) is 4.74 Å². The molecule has 1 saturated carbocycles. The predicted molar refractivity (Wildman–Crippen MR) is 127 cm³/mol. The number of rotatable bonds is 9. The summed E-state index contributed by atoms with van der Waals surface area (Å²) in [5.41, 5.74) is -0.751. The van der Waals surface area contributed by atoms with Crippen molar-refractivity contribution in [2.24, 2.45) is 5.92 Å². The third kappa shape index (κ3) is 5.92. The largest absolute Gasteiger partial charge is 0.424 e. The molecule has 1 N–H and O–H groups in total. The average molecular weight is 522 g/mol. The molecule has 3 aromatic rings. The van der Waals surface area contributed by atoms with E-state index in [0.29, 0.717) is 28.1 Å². The van der Waals surface area contributed by atoms with Crippen LogP contribution in [-0.4, -0.2) is 45.7 Å². The van der Waals surface area contributed by atoms with Crippen molar-refractivity contribution in [1.82, 2.24) is 15.0 Å². The van der Waals surface area contributed by atoms with Crippen molar-refractivity contribution in [1.29, 1.82) is 0 Å². The van der Waals surface area contributed by atoms with Crippen molar-refractivity contribution < 1.29 is 27.1 Å². The molecule has 2 aromatic heterocycles. The second kappa shape index (κ2) is 9.30. The summed E-state index contributed by atoms with van der Waals surface area (Å²) in [5.74, 6) is 0.492. The minimum absolute atomic E-state index is 0.0203. The zero-order valence-corrected chi connectivity index (χ0v) is 20.1. The van der Waals surface area contributed by atoms with Crippen molar-refractivity contribution in [2.45, 2.75) is 44.5 Å². The zero-order chi connectivity index (χ0) is 25.5. The first-order chi connectivity index (χ1) is 17.0. The molecule has 0 spiro atoms. The first-order valence-corrected chi connectivity index (χ1v) is 12.2. The standard InChI is InChI=1S/C24H23F4N5O2S/c1-14-11-29-22(36-14)31-19-9-20(33-12-23(25,13-33)16-4-5-16)32-21(30-19)35-18-6-2-15(3-7-18)8-17(34)10-24(26,27)28/h2-3,6-7,9,11,16H,4-5,8,10,12-13H2,1H3,(H,29,30,31,32). The Labute approximate surface area is 208 Å². The summed E-state index contributed by atoms with van der Waals surface area (Å²) in [6.07, 6.45) is -2.75. The number of Topliss-reactive ketones (excluding diaryl/α,β-unsaturated/α-hetero) is 1. The minimum Gasteiger partial charge on any atom is -0.424 e. The van der Waals surface area contributed by atoms with Gasteiger partial charge in [0.25, 0.3) is 0 Å². The summed E-state index contributed by atoms with van der Waals surface area (Å²) >= 11 is 1.45. The van der Waals surface area contributed by atoms with Crippen LogP contribution in [0, 0.1) is 12.8 Å². The van der Waals surface area contributed by atoms with Gasteiger partial charge in [-0.05, 0) is 43.4 Å². The number of nitrogens with zero attached hydrogens (tertiary/aromatic N) is 4. The third-order valence-electron chi connectivity index (χ3n) is 6.02. The van der Waals surface area contributed by atoms with Gasteiger partial charge >= 0.3 is 12.2 Å². The number of anilines is 3. The number of ether oxygens (including phenoxy) is 1. The number of benzene rings is 1. The Kier molecular flexibility index (Phi) is 6.31. The Bertz CT molecular complexity index is 1250. The quantitative estimate of drug-likeness (QED) is 0.358. The van der Waals surface area contributed by atoms with Crippen molar-refractivity contribution in [3.05, 3.63) is 47.0 Å². The van der Waals surface area contributed by atoms with Gasteiger partial charge in [-0.25, -0.2) is 9.37 Å². The highest BCUT2D eigenvalue weighted by molar-refractivity contribution is 7.15. The van der Waals surface area contributed by atoms with E-state index in [0.717, 1.165) is 17.7 Å². The lowest BCUT2D eigenvalue weighted by molar-refractivity contribution is -0.151. The normalized spacial score (nSPS) is 17.0. The molecule has 7 nitrogen and oxygen atoms in total. The Morgan fingerprint density at radius 2 is 1.94 bits per heavy atom. The minimum atomic E-state index is -4.53. The third-order valence-corrected chi connectivity index (χ3v) is 6.85. The van der Waals surface area contributed by atoms with Gasteiger partial charge in [-0.2, -0.15) is 23.1 Å². The lowest BCUT2D eigenvalue weighted by atomic mass is 9.91. The Morgan fingerprint density at radius 1 is 1.22 bits per heavy atom. The molecular weight excluding hydrogens is 498 g/mol. The van der Waals surface area contributed by atoms with Gasteiger partial charge in [-0.3, -0.25) is 4.79 Å². The molecule has 1 aromatic carbocycles. The summed E-state index contributed by atoms with van der Waals surface area (Å²) in [4.78, 5) is 27.6. The number of hydrogen-bond donors (Lipinski definition) is 1. The number of nitrogens with one attached hydrogen (secondary N) is 1. The highest BCUT2D eigenvalue weighted by atomic mass is 32.1. The summed E-state index contributed by atoms with van der Waals surface area (Å²) in [6.45, 7) is 2.44. The number of carbonyl (C=O) groups excluding carboxylic acids is 1. The van der Waals surface area contributed by atoms with Gasteiger partial charge < -0.3 is 15.0 Å². The van der Waals surface area contributed by atoms with E-state index in [-0.39, 0.29) is 31.4 Å². The second-order valence-electron chi connectivity index (χ2n) is 9.21. The van der Waals surface area contributed by atoms with E-state index >= 15 is 0 Å².